The van der Waals surface area contributed by atoms with Gasteiger partial charge >= 0.3 is 6.09 Å². The molecule has 188 valence electrons. The number of carbonyl (C=O) groups excluding carboxylic acids is 1. The fourth-order valence-corrected chi connectivity index (χ4v) is 4.51. The van der Waals surface area contributed by atoms with Crippen LogP contribution in [-0.4, -0.2) is 54.4 Å². The normalized spacial score (nSPS) is 15.0. The molecule has 5 rings (SSSR count). The molecule has 1 saturated heterocycles. The second-order valence-electron chi connectivity index (χ2n) is 10.0. The average Bonchev–Trinajstić information content (AvgIpc) is 3.46. The van der Waals surface area contributed by atoms with Crippen molar-refractivity contribution in [3.8, 4) is 22.8 Å². The zero-order valence-corrected chi connectivity index (χ0v) is 21.3. The first kappa shape index (κ1) is 24.1. The van der Waals surface area contributed by atoms with Crippen LogP contribution in [0.25, 0.3) is 28.5 Å². The number of likely N-dealkylation sites (tertiary alicyclic amines) is 1. The number of rotatable bonds is 3. The summed E-state index contributed by atoms with van der Waals surface area (Å²) in [5.74, 6) is 0.681. The van der Waals surface area contributed by atoms with Crippen LogP contribution in [0, 0.1) is 6.92 Å². The average molecular weight is 511 g/mol. The smallest absolute Gasteiger partial charge is 0.410 e. The van der Waals surface area contributed by atoms with Crippen LogP contribution in [0.2, 0.25) is 5.02 Å². The number of H-pyrrole nitrogens is 1. The number of hydrogen-bond donors (Lipinski definition) is 1. The van der Waals surface area contributed by atoms with Gasteiger partial charge in [-0.25, -0.2) is 9.31 Å². The molecule has 1 amide bonds. The molecule has 0 spiro atoms. The summed E-state index contributed by atoms with van der Waals surface area (Å²) in [6.07, 6.45) is 2.67. The number of aromatic amines is 1. The first-order chi connectivity index (χ1) is 17.1. The Bertz CT molecular complexity index is 1490. The molecule has 10 nitrogen and oxygen atoms in total. The Morgan fingerprint density at radius 3 is 2.67 bits per heavy atom. The Balaban J connectivity index is 1.41. The van der Waals surface area contributed by atoms with Gasteiger partial charge in [-0.05, 0) is 58.2 Å². The number of benzene rings is 1. The maximum atomic E-state index is 12.6. The molecule has 0 unspecified atom stereocenters. The standard InChI is InChI=1S/C25H27ClN6O4/c1-14-5-6-16(11-18(14)26)23-29-21(30-36-23)17-13-27-32-19(12-20(33)28-22(17)32)15-7-9-31(10-8-15)24(34)35-25(2,3)4/h5-6,11-13,15H,7-10H2,1-4H3,(H,28,33). The van der Waals surface area contributed by atoms with Crippen molar-refractivity contribution in [2.24, 2.45) is 0 Å². The molecule has 0 atom stereocenters. The van der Waals surface area contributed by atoms with Gasteiger partial charge in [0.25, 0.3) is 11.4 Å². The molecule has 0 radical (unpaired) electrons. The summed E-state index contributed by atoms with van der Waals surface area (Å²) >= 11 is 6.24. The molecule has 11 heteroatoms. The van der Waals surface area contributed by atoms with E-state index in [1.54, 1.807) is 27.7 Å². The van der Waals surface area contributed by atoms with E-state index in [1.165, 1.54) is 0 Å². The lowest BCUT2D eigenvalue weighted by atomic mass is 9.93. The van der Waals surface area contributed by atoms with E-state index in [9.17, 15) is 9.59 Å². The molecule has 4 heterocycles. The first-order valence-electron chi connectivity index (χ1n) is 11.8. The number of amides is 1. The minimum atomic E-state index is -0.543. The molecule has 0 aliphatic carbocycles. The van der Waals surface area contributed by atoms with Crippen molar-refractivity contribution in [1.29, 1.82) is 0 Å². The van der Waals surface area contributed by atoms with Gasteiger partial charge in [0.15, 0.2) is 0 Å². The maximum Gasteiger partial charge on any atom is 0.410 e. The van der Waals surface area contributed by atoms with E-state index in [1.807, 2.05) is 39.8 Å². The lowest BCUT2D eigenvalue weighted by molar-refractivity contribution is 0.0203. The number of piperidine rings is 1. The van der Waals surface area contributed by atoms with Crippen LogP contribution >= 0.6 is 11.6 Å². The minimum Gasteiger partial charge on any atom is -0.444 e. The van der Waals surface area contributed by atoms with Gasteiger partial charge in [-0.3, -0.25) is 4.79 Å². The monoisotopic (exact) mass is 510 g/mol. The van der Waals surface area contributed by atoms with Crippen molar-refractivity contribution >= 4 is 23.3 Å². The Morgan fingerprint density at radius 1 is 1.22 bits per heavy atom. The van der Waals surface area contributed by atoms with Crippen molar-refractivity contribution in [3.05, 3.63) is 57.1 Å². The molecule has 3 aromatic heterocycles. The molecule has 1 fully saturated rings. The van der Waals surface area contributed by atoms with E-state index >= 15 is 0 Å². The first-order valence-corrected chi connectivity index (χ1v) is 12.2. The van der Waals surface area contributed by atoms with Crippen molar-refractivity contribution in [1.82, 2.24) is 29.6 Å². The molecular formula is C25H27ClN6O4. The summed E-state index contributed by atoms with van der Waals surface area (Å²) in [5, 5.41) is 9.23. The van der Waals surface area contributed by atoms with Crippen LogP contribution in [-0.2, 0) is 4.74 Å². The van der Waals surface area contributed by atoms with Gasteiger partial charge in [-0.2, -0.15) is 10.1 Å². The predicted molar refractivity (Wildman–Crippen MR) is 134 cm³/mol. The summed E-state index contributed by atoms with van der Waals surface area (Å²) < 4.78 is 12.7. The quantitative estimate of drug-likeness (QED) is 0.419. The Morgan fingerprint density at radius 2 is 1.97 bits per heavy atom. The van der Waals surface area contributed by atoms with Crippen molar-refractivity contribution in [2.75, 3.05) is 13.1 Å². The number of fused-ring (bicyclic) bond motifs is 1. The molecule has 1 aromatic carbocycles. The highest BCUT2D eigenvalue weighted by Crippen LogP contribution is 2.31. The summed E-state index contributed by atoms with van der Waals surface area (Å²) in [5.41, 5.74) is 2.67. The van der Waals surface area contributed by atoms with Gasteiger partial charge in [0.2, 0.25) is 5.82 Å². The fourth-order valence-electron chi connectivity index (χ4n) is 4.33. The van der Waals surface area contributed by atoms with E-state index < -0.39 is 5.60 Å². The molecule has 0 saturated carbocycles. The van der Waals surface area contributed by atoms with Gasteiger partial charge < -0.3 is 19.1 Å². The molecular weight excluding hydrogens is 484 g/mol. The fraction of sp³-hybridized carbons (Fsp3) is 0.400. The Labute approximate surface area is 212 Å². The van der Waals surface area contributed by atoms with E-state index in [0.29, 0.717) is 59.4 Å². The van der Waals surface area contributed by atoms with E-state index in [-0.39, 0.29) is 17.6 Å². The van der Waals surface area contributed by atoms with Crippen molar-refractivity contribution in [3.63, 3.8) is 0 Å². The van der Waals surface area contributed by atoms with E-state index in [4.69, 9.17) is 20.9 Å². The summed E-state index contributed by atoms with van der Waals surface area (Å²) in [7, 11) is 0. The van der Waals surface area contributed by atoms with Crippen LogP contribution < -0.4 is 5.56 Å². The number of hydrogen-bond acceptors (Lipinski definition) is 7. The van der Waals surface area contributed by atoms with Gasteiger partial charge in [0, 0.05) is 35.7 Å². The third-order valence-corrected chi connectivity index (χ3v) is 6.59. The number of aromatic nitrogens is 5. The lowest BCUT2D eigenvalue weighted by Gasteiger charge is -2.33. The van der Waals surface area contributed by atoms with E-state index in [2.05, 4.69) is 20.2 Å². The summed E-state index contributed by atoms with van der Waals surface area (Å²) in [6.45, 7) is 8.54. The highest BCUT2D eigenvalue weighted by Gasteiger charge is 2.29. The molecule has 0 bridgehead atoms. The molecule has 1 aliphatic rings. The number of ether oxygens (including phenoxy) is 1. The molecule has 36 heavy (non-hydrogen) atoms. The van der Waals surface area contributed by atoms with Gasteiger partial charge in [-0.15, -0.1) is 0 Å². The number of aryl methyl sites for hydroxylation is 1. The number of halogens is 1. The highest BCUT2D eigenvalue weighted by molar-refractivity contribution is 6.31. The zero-order chi connectivity index (χ0) is 25.6. The topological polar surface area (TPSA) is 119 Å². The molecule has 1 aliphatic heterocycles. The Hall–Kier alpha value is -3.66. The number of nitrogens with zero attached hydrogens (tertiary/aromatic N) is 5. The summed E-state index contributed by atoms with van der Waals surface area (Å²) in [4.78, 5) is 34.1. The third-order valence-electron chi connectivity index (χ3n) is 6.19. The van der Waals surface area contributed by atoms with Crippen LogP contribution in [0.5, 0.6) is 0 Å². The number of nitrogens with one attached hydrogen (secondary N) is 1. The second-order valence-corrected chi connectivity index (χ2v) is 10.4. The van der Waals surface area contributed by atoms with Crippen LogP contribution in [0.1, 0.15) is 50.8 Å². The zero-order valence-electron chi connectivity index (χ0n) is 20.5. The van der Waals surface area contributed by atoms with Crippen LogP contribution in [0.15, 0.2) is 39.8 Å². The van der Waals surface area contributed by atoms with Crippen LogP contribution in [0.3, 0.4) is 0 Å². The minimum absolute atomic E-state index is 0.0526. The predicted octanol–water partition coefficient (Wildman–Crippen LogP) is 4.82. The van der Waals surface area contributed by atoms with Gasteiger partial charge in [0.05, 0.1) is 17.5 Å². The Kier molecular flexibility index (Phi) is 6.07. The number of carbonyl (C=O) groups is 1. The van der Waals surface area contributed by atoms with Crippen molar-refractivity contribution < 1.29 is 14.1 Å². The molecule has 4 aromatic rings. The molecule has 1 N–H and O–H groups in total. The largest absolute Gasteiger partial charge is 0.444 e. The highest BCUT2D eigenvalue weighted by atomic mass is 35.5. The maximum absolute atomic E-state index is 12.6. The van der Waals surface area contributed by atoms with E-state index in [0.717, 1.165) is 11.3 Å². The van der Waals surface area contributed by atoms with Gasteiger partial charge in [-0.1, -0.05) is 22.8 Å². The van der Waals surface area contributed by atoms with Crippen LogP contribution in [0.4, 0.5) is 4.79 Å². The summed E-state index contributed by atoms with van der Waals surface area (Å²) in [6, 6.07) is 7.08. The second kappa shape index (κ2) is 9.09. The third kappa shape index (κ3) is 4.73. The SMILES string of the molecule is Cc1ccc(-c2nc(-c3cnn4c(C5CCN(C(=O)OC(C)(C)C)CC5)cc(=O)[nH]c34)no2)cc1Cl. The lowest BCUT2D eigenvalue weighted by Crippen LogP contribution is -2.41. The van der Waals surface area contributed by atoms with Crippen molar-refractivity contribution in [2.45, 2.75) is 52.1 Å². The van der Waals surface area contributed by atoms with Gasteiger partial charge in [0.1, 0.15) is 11.2 Å².